The van der Waals surface area contributed by atoms with E-state index in [1.54, 1.807) is 24.3 Å². The van der Waals surface area contributed by atoms with Gasteiger partial charge in [0.05, 0.1) is 18.1 Å². The Kier molecular flexibility index (Phi) is 5.28. The Balaban J connectivity index is 1.98. The Hall–Kier alpha value is -2.73. The molecule has 142 valence electrons. The summed E-state index contributed by atoms with van der Waals surface area (Å²) in [6.07, 6.45) is 3.62. The maximum Gasteiger partial charge on any atom is 0.339 e. The Morgan fingerprint density at radius 2 is 2.07 bits per heavy atom. The molecule has 2 aliphatic heterocycles. The summed E-state index contributed by atoms with van der Waals surface area (Å²) in [6.45, 7) is 7.76. The lowest BCUT2D eigenvalue weighted by molar-refractivity contribution is -0.153. The van der Waals surface area contributed by atoms with E-state index in [-0.39, 0.29) is 24.2 Å². The molecule has 1 amide bonds. The molecule has 1 aromatic rings. The highest BCUT2D eigenvalue weighted by Crippen LogP contribution is 2.44. The first-order valence-electron chi connectivity index (χ1n) is 9.02. The van der Waals surface area contributed by atoms with Crippen LogP contribution in [0.1, 0.15) is 37.0 Å². The molecule has 2 heterocycles. The molecule has 0 aliphatic carbocycles. The predicted molar refractivity (Wildman–Crippen MR) is 98.5 cm³/mol. The van der Waals surface area contributed by atoms with E-state index in [0.717, 1.165) is 0 Å². The van der Waals surface area contributed by atoms with Crippen molar-refractivity contribution in [2.45, 2.75) is 44.6 Å². The number of hydrogen-bond acceptors (Lipinski definition) is 5. The van der Waals surface area contributed by atoms with Crippen molar-refractivity contribution in [3.8, 4) is 0 Å². The van der Waals surface area contributed by atoms with E-state index in [1.807, 2.05) is 19.9 Å². The molecular formula is C21H23NO5. The first-order chi connectivity index (χ1) is 12.9. The van der Waals surface area contributed by atoms with E-state index in [1.165, 1.54) is 23.3 Å². The van der Waals surface area contributed by atoms with Crippen molar-refractivity contribution >= 4 is 17.7 Å². The highest BCUT2D eigenvalue weighted by atomic mass is 16.6. The maximum atomic E-state index is 12.8. The van der Waals surface area contributed by atoms with Crippen molar-refractivity contribution < 1.29 is 23.9 Å². The molecule has 0 bridgehead atoms. The van der Waals surface area contributed by atoms with Gasteiger partial charge in [-0.15, -0.1) is 0 Å². The van der Waals surface area contributed by atoms with Gasteiger partial charge in [-0.3, -0.25) is 14.5 Å². The van der Waals surface area contributed by atoms with Crippen LogP contribution >= 0.6 is 0 Å². The standard InChI is InChI=1S/C21H23NO5/c1-4-17-14(3)21(5-2,27-19(25)15-9-7-6-8-10-15)20(26-17)22-12-11-16(23)13-18(22)24/h5-12,14,17,20H,2,4,13H2,1,3H3/t14-,17-,20?,21-/m1/s1. The fourth-order valence-corrected chi connectivity index (χ4v) is 3.66. The van der Waals surface area contributed by atoms with Crippen LogP contribution in [-0.2, 0) is 19.1 Å². The first-order valence-corrected chi connectivity index (χ1v) is 9.02. The van der Waals surface area contributed by atoms with Crippen LogP contribution in [0.3, 0.4) is 0 Å². The molecular weight excluding hydrogens is 346 g/mol. The molecule has 1 saturated heterocycles. The molecule has 0 spiro atoms. The average molecular weight is 369 g/mol. The van der Waals surface area contributed by atoms with Crippen LogP contribution in [0.2, 0.25) is 0 Å². The van der Waals surface area contributed by atoms with Crippen LogP contribution in [0.5, 0.6) is 0 Å². The van der Waals surface area contributed by atoms with Crippen LogP contribution < -0.4 is 0 Å². The topological polar surface area (TPSA) is 72.9 Å². The normalized spacial score (nSPS) is 30.4. The summed E-state index contributed by atoms with van der Waals surface area (Å²) in [5.41, 5.74) is -0.825. The predicted octanol–water partition coefficient (Wildman–Crippen LogP) is 2.85. The molecule has 1 aromatic carbocycles. The minimum atomic E-state index is -1.23. The summed E-state index contributed by atoms with van der Waals surface area (Å²) < 4.78 is 12.0. The molecule has 1 fully saturated rings. The largest absolute Gasteiger partial charge is 0.446 e. The summed E-state index contributed by atoms with van der Waals surface area (Å²) in [6, 6.07) is 8.64. The monoisotopic (exact) mass is 369 g/mol. The first kappa shape index (κ1) is 19.0. The number of benzene rings is 1. The van der Waals surface area contributed by atoms with Gasteiger partial charge >= 0.3 is 5.97 Å². The number of allylic oxidation sites excluding steroid dienone is 1. The number of amides is 1. The Labute approximate surface area is 158 Å². The van der Waals surface area contributed by atoms with E-state index < -0.39 is 23.7 Å². The van der Waals surface area contributed by atoms with Crippen LogP contribution in [0, 0.1) is 5.92 Å². The van der Waals surface area contributed by atoms with E-state index in [0.29, 0.717) is 12.0 Å². The third-order valence-electron chi connectivity index (χ3n) is 5.25. The van der Waals surface area contributed by atoms with E-state index in [4.69, 9.17) is 9.47 Å². The SMILES string of the molecule is C=C[C@]1(OC(=O)c2ccccc2)C(N2C=CC(=O)CC2=O)O[C@H](CC)[C@H]1C. The number of ether oxygens (including phenoxy) is 2. The second-order valence-corrected chi connectivity index (χ2v) is 6.80. The van der Waals surface area contributed by atoms with Gasteiger partial charge in [-0.2, -0.15) is 0 Å². The van der Waals surface area contributed by atoms with Crippen LogP contribution in [0.4, 0.5) is 0 Å². The van der Waals surface area contributed by atoms with E-state index in [2.05, 4.69) is 6.58 Å². The molecule has 0 radical (unpaired) electrons. The van der Waals surface area contributed by atoms with Crippen molar-refractivity contribution in [3.63, 3.8) is 0 Å². The fraction of sp³-hybridized carbons (Fsp3) is 0.381. The average Bonchev–Trinajstić information content (AvgIpc) is 2.94. The maximum absolute atomic E-state index is 12.8. The quantitative estimate of drug-likeness (QED) is 0.453. The third-order valence-corrected chi connectivity index (χ3v) is 5.25. The van der Waals surface area contributed by atoms with E-state index >= 15 is 0 Å². The molecule has 6 heteroatoms. The Morgan fingerprint density at radius 3 is 2.67 bits per heavy atom. The molecule has 1 unspecified atom stereocenters. The molecule has 6 nitrogen and oxygen atoms in total. The van der Waals surface area contributed by atoms with Gasteiger partial charge < -0.3 is 9.47 Å². The number of carbonyl (C=O) groups is 3. The minimum absolute atomic E-state index is 0.225. The number of rotatable bonds is 5. The van der Waals surface area contributed by atoms with E-state index in [9.17, 15) is 14.4 Å². The number of carbonyl (C=O) groups excluding carboxylic acids is 3. The van der Waals surface area contributed by atoms with Crippen LogP contribution in [-0.4, -0.2) is 40.5 Å². The van der Waals surface area contributed by atoms with Crippen molar-refractivity contribution in [1.29, 1.82) is 0 Å². The summed E-state index contributed by atoms with van der Waals surface area (Å²) in [7, 11) is 0. The van der Waals surface area contributed by atoms with Gasteiger partial charge in [0, 0.05) is 12.1 Å². The molecule has 0 aromatic heterocycles. The number of esters is 1. The van der Waals surface area contributed by atoms with Gasteiger partial charge in [0.1, 0.15) is 0 Å². The van der Waals surface area contributed by atoms with Gasteiger partial charge in [-0.1, -0.05) is 38.6 Å². The van der Waals surface area contributed by atoms with Crippen molar-refractivity contribution in [2.75, 3.05) is 0 Å². The van der Waals surface area contributed by atoms with Crippen LogP contribution in [0.25, 0.3) is 0 Å². The van der Waals surface area contributed by atoms with Crippen molar-refractivity contribution in [1.82, 2.24) is 4.90 Å². The van der Waals surface area contributed by atoms with Crippen LogP contribution in [0.15, 0.2) is 55.3 Å². The summed E-state index contributed by atoms with van der Waals surface area (Å²) in [5, 5.41) is 0. The highest BCUT2D eigenvalue weighted by Gasteiger charge is 2.58. The second kappa shape index (κ2) is 7.48. The molecule has 0 N–H and O–H groups in total. The smallest absolute Gasteiger partial charge is 0.339 e. The number of hydrogen-bond donors (Lipinski definition) is 0. The summed E-state index contributed by atoms with van der Waals surface area (Å²) in [5.74, 6) is -1.40. The lowest BCUT2D eigenvalue weighted by Crippen LogP contribution is -2.54. The molecule has 3 rings (SSSR count). The van der Waals surface area contributed by atoms with Crippen molar-refractivity contribution in [3.05, 3.63) is 60.8 Å². The van der Waals surface area contributed by atoms with Gasteiger partial charge in [0.15, 0.2) is 17.6 Å². The summed E-state index contributed by atoms with van der Waals surface area (Å²) in [4.78, 5) is 38.1. The molecule has 4 atom stereocenters. The highest BCUT2D eigenvalue weighted by molar-refractivity contribution is 6.06. The van der Waals surface area contributed by atoms with Gasteiger partial charge in [-0.05, 0) is 30.7 Å². The van der Waals surface area contributed by atoms with Gasteiger partial charge in [0.25, 0.3) is 0 Å². The van der Waals surface area contributed by atoms with Gasteiger partial charge in [-0.25, -0.2) is 4.79 Å². The number of ketones is 1. The fourth-order valence-electron chi connectivity index (χ4n) is 3.66. The molecule has 27 heavy (non-hydrogen) atoms. The Morgan fingerprint density at radius 1 is 1.37 bits per heavy atom. The molecule has 0 saturated carbocycles. The summed E-state index contributed by atoms with van der Waals surface area (Å²) >= 11 is 0. The second-order valence-electron chi connectivity index (χ2n) is 6.80. The third kappa shape index (κ3) is 3.32. The zero-order chi connectivity index (χ0) is 19.6. The number of nitrogens with zero attached hydrogens (tertiary/aromatic N) is 1. The Bertz CT molecular complexity index is 787. The molecule has 2 aliphatic rings. The minimum Gasteiger partial charge on any atom is -0.446 e. The lowest BCUT2D eigenvalue weighted by atomic mass is 9.84. The lowest BCUT2D eigenvalue weighted by Gasteiger charge is -2.39. The van der Waals surface area contributed by atoms with Crippen molar-refractivity contribution in [2.24, 2.45) is 5.92 Å². The van der Waals surface area contributed by atoms with Gasteiger partial charge in [0.2, 0.25) is 5.91 Å². The zero-order valence-electron chi connectivity index (χ0n) is 15.5. The zero-order valence-corrected chi connectivity index (χ0v) is 15.5.